The highest BCUT2D eigenvalue weighted by Gasteiger charge is 2.32. The zero-order chi connectivity index (χ0) is 28.2. The molecule has 0 radical (unpaired) electrons. The highest BCUT2D eigenvalue weighted by molar-refractivity contribution is 7.89. The van der Waals surface area contributed by atoms with Gasteiger partial charge in [0.25, 0.3) is 0 Å². The Bertz CT molecular complexity index is 1060. The van der Waals surface area contributed by atoms with Gasteiger partial charge in [0.15, 0.2) is 0 Å². The molecule has 1 aliphatic carbocycles. The first-order valence-corrected chi connectivity index (χ1v) is 16.0. The number of likely N-dealkylation sites (tertiary alicyclic amines) is 2. The Labute approximate surface area is 234 Å². The van der Waals surface area contributed by atoms with Crippen LogP contribution in [0.4, 0.5) is 4.39 Å². The largest absolute Gasteiger partial charge is 0.497 e. The van der Waals surface area contributed by atoms with Crippen molar-refractivity contribution >= 4 is 15.9 Å². The Morgan fingerprint density at radius 2 is 1.69 bits per heavy atom. The summed E-state index contributed by atoms with van der Waals surface area (Å²) in [6, 6.07) is 4.17. The van der Waals surface area contributed by atoms with E-state index in [2.05, 4.69) is 15.1 Å². The summed E-state index contributed by atoms with van der Waals surface area (Å²) < 4.78 is 46.4. The average Bonchev–Trinajstić information content (AvgIpc) is 3.31. The van der Waals surface area contributed by atoms with Crippen molar-refractivity contribution in [3.8, 4) is 5.75 Å². The number of hydrogen-bond acceptors (Lipinski definition) is 6. The maximum atomic E-state index is 13.5. The number of aryl methyl sites for hydroxylation is 2. The van der Waals surface area contributed by atoms with Crippen molar-refractivity contribution in [2.45, 2.75) is 88.4 Å². The van der Waals surface area contributed by atoms with E-state index in [4.69, 9.17) is 4.74 Å². The van der Waals surface area contributed by atoms with Gasteiger partial charge in [-0.05, 0) is 101 Å². The van der Waals surface area contributed by atoms with Crippen LogP contribution in [0.5, 0.6) is 5.75 Å². The van der Waals surface area contributed by atoms with Gasteiger partial charge in [-0.2, -0.15) is 0 Å². The van der Waals surface area contributed by atoms with Gasteiger partial charge in [-0.25, -0.2) is 17.1 Å². The molecule has 1 amide bonds. The van der Waals surface area contributed by atoms with Gasteiger partial charge in [-0.15, -0.1) is 0 Å². The smallest absolute Gasteiger partial charge is 0.243 e. The van der Waals surface area contributed by atoms with Crippen molar-refractivity contribution in [2.24, 2.45) is 5.92 Å². The van der Waals surface area contributed by atoms with Crippen molar-refractivity contribution in [2.75, 3.05) is 53.4 Å². The standard InChI is InChI=1S/C29H47FN4O4S/c1-21-17-27(38-4)18-22(2)29(21)39(36,37)32(3)13-12-28(35)31-25-5-7-26(8-6-25)34-15-9-23(10-16-34)19-33-14-11-24(30)20-33/h17-18,23-26H,5-16,19-20H2,1-4H3,(H,31,35)/t24-,25-,26+/m1/s1. The Balaban J connectivity index is 1.17. The van der Waals surface area contributed by atoms with Crippen LogP contribution in [0.15, 0.2) is 17.0 Å². The number of carbonyl (C=O) groups is 1. The number of piperidine rings is 1. The van der Waals surface area contributed by atoms with E-state index in [1.54, 1.807) is 33.1 Å². The minimum atomic E-state index is -3.71. The molecule has 0 bridgehead atoms. The fraction of sp³-hybridized carbons (Fsp3) is 0.759. The summed E-state index contributed by atoms with van der Waals surface area (Å²) in [6.07, 6.45) is 6.65. The lowest BCUT2D eigenvalue weighted by molar-refractivity contribution is -0.122. The minimum Gasteiger partial charge on any atom is -0.497 e. The predicted molar refractivity (Wildman–Crippen MR) is 151 cm³/mol. The summed E-state index contributed by atoms with van der Waals surface area (Å²) in [4.78, 5) is 17.9. The van der Waals surface area contributed by atoms with Crippen LogP contribution in [0.3, 0.4) is 0 Å². The first kappa shape index (κ1) is 30.2. The van der Waals surface area contributed by atoms with E-state index in [1.807, 2.05) is 0 Å². The van der Waals surface area contributed by atoms with Crippen molar-refractivity contribution in [1.29, 1.82) is 0 Å². The van der Waals surface area contributed by atoms with Crippen LogP contribution in [0.25, 0.3) is 0 Å². The molecular formula is C29H47FN4O4S. The van der Waals surface area contributed by atoms with E-state index in [0.29, 0.717) is 41.8 Å². The number of amides is 1. The highest BCUT2D eigenvalue weighted by Crippen LogP contribution is 2.30. The van der Waals surface area contributed by atoms with Gasteiger partial charge >= 0.3 is 0 Å². The van der Waals surface area contributed by atoms with E-state index >= 15 is 0 Å². The molecule has 39 heavy (non-hydrogen) atoms. The molecule has 4 rings (SSSR count). The molecule has 10 heteroatoms. The maximum absolute atomic E-state index is 13.5. The van der Waals surface area contributed by atoms with Crippen LogP contribution >= 0.6 is 0 Å². The molecule has 1 saturated carbocycles. The molecule has 2 heterocycles. The fourth-order valence-corrected chi connectivity index (χ4v) is 8.25. The van der Waals surface area contributed by atoms with Crippen LogP contribution in [0.2, 0.25) is 0 Å². The molecule has 1 atom stereocenters. The summed E-state index contributed by atoms with van der Waals surface area (Å²) >= 11 is 0. The SMILES string of the molecule is COc1cc(C)c(S(=O)(=O)N(C)CCC(=O)N[C@H]2CC[C@@H](N3CCC(CN4CC[C@@H](F)C4)CC3)CC2)c(C)c1. The number of hydrogen-bond donors (Lipinski definition) is 1. The Morgan fingerprint density at radius 1 is 1.05 bits per heavy atom. The van der Waals surface area contributed by atoms with Crippen molar-refractivity contribution in [3.63, 3.8) is 0 Å². The van der Waals surface area contributed by atoms with Crippen molar-refractivity contribution in [3.05, 3.63) is 23.3 Å². The maximum Gasteiger partial charge on any atom is 0.243 e. The monoisotopic (exact) mass is 566 g/mol. The molecule has 0 spiro atoms. The Morgan fingerprint density at radius 3 is 2.26 bits per heavy atom. The molecule has 220 valence electrons. The second-order valence-corrected chi connectivity index (χ2v) is 13.8. The second kappa shape index (κ2) is 13.3. The van der Waals surface area contributed by atoms with Gasteiger partial charge < -0.3 is 19.9 Å². The highest BCUT2D eigenvalue weighted by atomic mass is 32.2. The van der Waals surface area contributed by atoms with Gasteiger partial charge in [0.1, 0.15) is 11.9 Å². The first-order valence-electron chi connectivity index (χ1n) is 14.6. The zero-order valence-electron chi connectivity index (χ0n) is 24.1. The second-order valence-electron chi connectivity index (χ2n) is 11.9. The Hall–Kier alpha value is -1.75. The van der Waals surface area contributed by atoms with Crippen LogP contribution in [-0.4, -0.2) is 100 Å². The molecule has 2 saturated heterocycles. The molecule has 0 unspecified atom stereocenters. The summed E-state index contributed by atoms with van der Waals surface area (Å²) in [6.45, 7) is 8.46. The number of nitrogens with zero attached hydrogens (tertiary/aromatic N) is 3. The normalized spacial score (nSPS) is 25.7. The average molecular weight is 567 g/mol. The summed E-state index contributed by atoms with van der Waals surface area (Å²) in [7, 11) is -0.625. The van der Waals surface area contributed by atoms with Crippen molar-refractivity contribution < 1.29 is 22.3 Å². The Kier molecular flexibility index (Phi) is 10.3. The number of rotatable bonds is 10. The topological polar surface area (TPSA) is 82.2 Å². The van der Waals surface area contributed by atoms with E-state index < -0.39 is 16.2 Å². The van der Waals surface area contributed by atoms with Crippen LogP contribution in [-0.2, 0) is 14.8 Å². The van der Waals surface area contributed by atoms with Gasteiger partial charge in [0.05, 0.1) is 12.0 Å². The molecular weight excluding hydrogens is 519 g/mol. The molecule has 1 N–H and O–H groups in total. The van der Waals surface area contributed by atoms with Crippen molar-refractivity contribution in [1.82, 2.24) is 19.4 Å². The van der Waals surface area contributed by atoms with E-state index in [1.165, 1.54) is 24.2 Å². The fourth-order valence-electron chi connectivity index (χ4n) is 6.67. The number of carbonyl (C=O) groups excluding carboxylic acids is 1. The minimum absolute atomic E-state index is 0.0954. The first-order chi connectivity index (χ1) is 18.6. The lowest BCUT2D eigenvalue weighted by Crippen LogP contribution is -2.47. The third-order valence-electron chi connectivity index (χ3n) is 8.95. The lowest BCUT2D eigenvalue weighted by Gasteiger charge is -2.41. The van der Waals surface area contributed by atoms with Gasteiger partial charge in [0.2, 0.25) is 15.9 Å². The zero-order valence-corrected chi connectivity index (χ0v) is 24.9. The van der Waals surface area contributed by atoms with E-state index in [9.17, 15) is 17.6 Å². The summed E-state index contributed by atoms with van der Waals surface area (Å²) in [5.74, 6) is 1.21. The van der Waals surface area contributed by atoms with Crippen LogP contribution in [0.1, 0.15) is 62.5 Å². The predicted octanol–water partition coefficient (Wildman–Crippen LogP) is 3.51. The van der Waals surface area contributed by atoms with E-state index in [0.717, 1.165) is 51.9 Å². The molecule has 1 aromatic rings. The number of ether oxygens (including phenoxy) is 1. The van der Waals surface area contributed by atoms with Gasteiger partial charge in [0, 0.05) is 51.7 Å². The number of halogens is 1. The van der Waals surface area contributed by atoms with Gasteiger partial charge in [-0.3, -0.25) is 4.79 Å². The number of sulfonamides is 1. The number of alkyl halides is 1. The third kappa shape index (κ3) is 7.71. The molecule has 2 aliphatic heterocycles. The quantitative estimate of drug-likeness (QED) is 0.467. The summed E-state index contributed by atoms with van der Waals surface area (Å²) in [5.41, 5.74) is 1.26. The molecule has 0 aromatic heterocycles. The lowest BCUT2D eigenvalue weighted by atomic mass is 9.87. The molecule has 8 nitrogen and oxygen atoms in total. The molecule has 1 aromatic carbocycles. The summed E-state index contributed by atoms with van der Waals surface area (Å²) in [5, 5.41) is 3.15. The third-order valence-corrected chi connectivity index (χ3v) is 11.1. The number of methoxy groups -OCH3 is 1. The van der Waals surface area contributed by atoms with Crippen LogP contribution in [0, 0.1) is 19.8 Å². The molecule has 3 aliphatic rings. The van der Waals surface area contributed by atoms with E-state index in [-0.39, 0.29) is 29.8 Å². The number of benzene rings is 1. The molecule has 3 fully saturated rings. The van der Waals surface area contributed by atoms with Crippen LogP contribution < -0.4 is 10.1 Å². The van der Waals surface area contributed by atoms with Gasteiger partial charge in [-0.1, -0.05) is 0 Å². The number of nitrogens with one attached hydrogen (secondary N) is 1.